The Hall–Kier alpha value is -1.66. The summed E-state index contributed by atoms with van der Waals surface area (Å²) in [6, 6.07) is 0. The van der Waals surface area contributed by atoms with E-state index in [-0.39, 0.29) is 81.9 Å². The van der Waals surface area contributed by atoms with Gasteiger partial charge in [-0.15, -0.1) is 12.4 Å². The molecule has 0 spiro atoms. The molecule has 0 amide bonds. The van der Waals surface area contributed by atoms with Crippen LogP contribution in [0.1, 0.15) is 55.4 Å². The minimum absolute atomic E-state index is 0. The van der Waals surface area contributed by atoms with Gasteiger partial charge in [-0.1, -0.05) is 0 Å². The van der Waals surface area contributed by atoms with Gasteiger partial charge in [0.2, 0.25) is 0 Å². The van der Waals surface area contributed by atoms with Crippen LogP contribution in [0.4, 0.5) is 0 Å². The first-order valence-corrected chi connectivity index (χ1v) is 7.27. The second-order valence-corrected chi connectivity index (χ2v) is 3.93. The van der Waals surface area contributed by atoms with Gasteiger partial charge in [-0.05, 0) is 55.4 Å². The molecule has 0 aliphatic heterocycles. The smallest absolute Gasteiger partial charge is 0.550 e. The zero-order valence-electron chi connectivity index (χ0n) is 20.2. The molecule has 0 rings (SSSR count). The molecule has 0 bridgehead atoms. The van der Waals surface area contributed by atoms with E-state index in [9.17, 15) is 0 Å². The molecule has 209 valence electrons. The molecular weight excluding hydrogens is 957 g/mol. The normalized spacial score (nSPS) is 5.56. The number of hydrogen-bond donors (Lipinski definition) is 0. The molecule has 0 aliphatic carbocycles. The minimum atomic E-state index is -1.08. The number of rotatable bonds is 0. The van der Waals surface area contributed by atoms with Crippen LogP contribution in [0.15, 0.2) is 0 Å². The topological polar surface area (TPSA) is 321 Å². The Morgan fingerprint density at radius 3 is 0.306 bits per heavy atom. The monoisotopic (exact) mass is 981 g/mol. The Labute approximate surface area is 262 Å². The molecule has 5 radical (unpaired) electrons. The van der Waals surface area contributed by atoms with Gasteiger partial charge in [0.05, 0.1) is 0 Å². The Bertz CT molecular complexity index is 384. The van der Waals surface area contributed by atoms with Gasteiger partial charge < -0.3 is 79.2 Å². The fraction of sp³-hybridized carbons (Fsp3) is 0.500. The molecule has 36 heavy (non-hydrogen) atoms. The van der Waals surface area contributed by atoms with Crippen molar-refractivity contribution in [3.63, 3.8) is 0 Å². The molecule has 0 N–H and O–H groups in total. The molecule has 0 fully saturated rings. The standard InChI is InChI=1S/8C2H4O2.2Bi.ClH.Mn/c8*1-2(3)4;;;;/h8*1H3,(H,3,4);;;1H;/q;;;;;;;;2*+3;;+2/p-8. The molecule has 0 aromatic carbocycles. The molecule has 0 aromatic rings. The predicted molar refractivity (Wildman–Crippen MR) is 104 cm³/mol. The third-order valence-electron chi connectivity index (χ3n) is 0. The van der Waals surface area contributed by atoms with Gasteiger partial charge in [-0.25, -0.2) is 0 Å². The minimum Gasteiger partial charge on any atom is -0.550 e. The summed E-state index contributed by atoms with van der Waals surface area (Å²) in [5.41, 5.74) is 0. The number of carboxylic acids is 8. The largest absolute Gasteiger partial charge is 3.00 e. The van der Waals surface area contributed by atoms with E-state index < -0.39 is 47.8 Å². The number of halogens is 1. The van der Waals surface area contributed by atoms with Gasteiger partial charge >= 0.3 is 69.5 Å². The Kier molecular flexibility index (Phi) is 148. The van der Waals surface area contributed by atoms with Crippen LogP contribution < -0.4 is 40.9 Å². The second-order valence-electron chi connectivity index (χ2n) is 3.93. The first-order valence-electron chi connectivity index (χ1n) is 7.27. The SMILES string of the molecule is CC(=O)[O-].CC(=O)[O-].CC(=O)[O-].CC(=O)[O-].CC(=O)[O-].CC(=O)[O-].CC(=O)[O-].CC(=O)[O-].Cl.[Bi+3].[Bi+3].[Mn+2]. The summed E-state index contributed by atoms with van der Waals surface area (Å²) >= 11 is 0. The maximum Gasteiger partial charge on any atom is 3.00 e. The van der Waals surface area contributed by atoms with Crippen LogP contribution >= 0.6 is 12.4 Å². The van der Waals surface area contributed by atoms with Crippen molar-refractivity contribution in [2.45, 2.75) is 55.4 Å². The van der Waals surface area contributed by atoms with Crippen molar-refractivity contribution in [2.75, 3.05) is 0 Å². The van der Waals surface area contributed by atoms with Gasteiger partial charge in [-0.2, -0.15) is 0 Å². The van der Waals surface area contributed by atoms with Crippen LogP contribution in [-0.4, -0.2) is 100 Å². The summed E-state index contributed by atoms with van der Waals surface area (Å²) in [6.45, 7) is 7.78. The van der Waals surface area contributed by atoms with Crippen molar-refractivity contribution >= 4 is 113 Å². The summed E-state index contributed by atoms with van der Waals surface area (Å²) in [5, 5.41) is 71.1. The van der Waals surface area contributed by atoms with Crippen LogP contribution in [-0.2, 0) is 55.4 Å². The molecule has 16 nitrogen and oxygen atoms in total. The van der Waals surface area contributed by atoms with Crippen LogP contribution in [0, 0.1) is 0 Å². The van der Waals surface area contributed by atoms with E-state index in [0.717, 1.165) is 55.4 Å². The van der Waals surface area contributed by atoms with Crippen LogP contribution in [0.2, 0.25) is 0 Å². The first-order chi connectivity index (χ1) is 13.9. The average Bonchev–Trinajstić information content (AvgIpc) is 2.30. The summed E-state index contributed by atoms with van der Waals surface area (Å²) in [4.78, 5) is 71.1. The Morgan fingerprint density at radius 1 is 0.306 bits per heavy atom. The van der Waals surface area contributed by atoms with E-state index in [0.29, 0.717) is 0 Å². The number of aliphatic carboxylic acids is 8. The van der Waals surface area contributed by atoms with Crippen LogP contribution in [0.3, 0.4) is 0 Å². The summed E-state index contributed by atoms with van der Waals surface area (Å²) in [7, 11) is 0. The molecular formula is C16H25Bi2ClMnO16. The molecule has 0 heterocycles. The Morgan fingerprint density at radius 2 is 0.306 bits per heavy atom. The van der Waals surface area contributed by atoms with Gasteiger partial charge in [0.15, 0.2) is 0 Å². The molecule has 0 unspecified atom stereocenters. The number of carbonyl (C=O) groups excluding carboxylic acids is 8. The Balaban J connectivity index is -0.0000000180. The van der Waals surface area contributed by atoms with Crippen LogP contribution in [0.5, 0.6) is 0 Å². The quantitative estimate of drug-likeness (QED) is 0.204. The number of carboxylic acid groups (broad SMARTS) is 8. The fourth-order valence-electron chi connectivity index (χ4n) is 0. The maximum absolute atomic E-state index is 8.89. The van der Waals surface area contributed by atoms with Crippen LogP contribution in [0.25, 0.3) is 0 Å². The molecule has 0 aliphatic rings. The van der Waals surface area contributed by atoms with Crippen molar-refractivity contribution in [1.29, 1.82) is 0 Å². The third-order valence-corrected chi connectivity index (χ3v) is 0. The number of hydrogen-bond acceptors (Lipinski definition) is 16. The van der Waals surface area contributed by atoms with E-state index in [1.165, 1.54) is 0 Å². The summed E-state index contributed by atoms with van der Waals surface area (Å²) in [6.07, 6.45) is 0. The van der Waals surface area contributed by atoms with E-state index in [2.05, 4.69) is 0 Å². The summed E-state index contributed by atoms with van der Waals surface area (Å²) in [5.74, 6) is -8.67. The average molecular weight is 982 g/mol. The van der Waals surface area contributed by atoms with E-state index >= 15 is 0 Å². The van der Waals surface area contributed by atoms with Gasteiger partial charge in [-0.3, -0.25) is 0 Å². The van der Waals surface area contributed by atoms with Crippen molar-refractivity contribution in [1.82, 2.24) is 0 Å². The molecule has 0 saturated carbocycles. The maximum atomic E-state index is 8.89. The van der Waals surface area contributed by atoms with Crippen molar-refractivity contribution in [3.8, 4) is 0 Å². The second kappa shape index (κ2) is 69.9. The first kappa shape index (κ1) is 76.5. The van der Waals surface area contributed by atoms with E-state index in [1.54, 1.807) is 0 Å². The van der Waals surface area contributed by atoms with Gasteiger partial charge in [0.1, 0.15) is 0 Å². The van der Waals surface area contributed by atoms with E-state index in [1.807, 2.05) is 0 Å². The molecule has 20 heteroatoms. The fourth-order valence-corrected chi connectivity index (χ4v) is 0. The third kappa shape index (κ3) is 11500. The number of carbonyl (C=O) groups is 8. The van der Waals surface area contributed by atoms with Gasteiger partial charge in [0.25, 0.3) is 0 Å². The zero-order chi connectivity index (χ0) is 28.6. The van der Waals surface area contributed by atoms with Gasteiger partial charge in [0, 0.05) is 47.8 Å². The van der Waals surface area contributed by atoms with Crippen molar-refractivity contribution in [2.24, 2.45) is 0 Å². The predicted octanol–water partition coefficient (Wildman–Crippen LogP) is -10.3. The summed E-state index contributed by atoms with van der Waals surface area (Å²) < 4.78 is 0. The molecule has 0 saturated heterocycles. The molecule has 0 aromatic heterocycles. The van der Waals surface area contributed by atoms with Crippen molar-refractivity contribution < 1.29 is 96.3 Å². The zero-order valence-corrected chi connectivity index (χ0v) is 29.2. The molecule has 0 atom stereocenters. The van der Waals surface area contributed by atoms with Crippen molar-refractivity contribution in [3.05, 3.63) is 0 Å². The van der Waals surface area contributed by atoms with E-state index in [4.69, 9.17) is 79.2 Å².